The van der Waals surface area contributed by atoms with Crippen LogP contribution in [0.15, 0.2) is 18.2 Å². The second-order valence-electron chi connectivity index (χ2n) is 5.76. The molecule has 1 unspecified atom stereocenters. The number of benzene rings is 1. The maximum atomic E-state index is 11.9. The number of imidazole rings is 1. The molecule has 1 heterocycles. The summed E-state index contributed by atoms with van der Waals surface area (Å²) in [5.41, 5.74) is 2.06. The molecule has 21 heavy (non-hydrogen) atoms. The zero-order chi connectivity index (χ0) is 15.8. The Labute approximate surface area is 125 Å². The second kappa shape index (κ2) is 5.49. The van der Waals surface area contributed by atoms with E-state index in [2.05, 4.69) is 24.9 Å². The Kier molecular flexibility index (Phi) is 4.06. The standard InChI is InChI=1S/C15H19N3O2S/c1-10(2)9-18-14-6-5-12(8-16)7-13(14)17-15(18)11(3)21(4,19)20/h5-7,10-11H,9H2,1-4H3. The molecule has 112 valence electrons. The number of rotatable bonds is 4. The zero-order valence-corrected chi connectivity index (χ0v) is 13.5. The first-order valence-electron chi connectivity index (χ1n) is 6.83. The van der Waals surface area contributed by atoms with E-state index in [9.17, 15) is 8.42 Å². The van der Waals surface area contributed by atoms with Crippen molar-refractivity contribution in [3.05, 3.63) is 29.6 Å². The van der Waals surface area contributed by atoms with Crippen molar-refractivity contribution in [3.63, 3.8) is 0 Å². The van der Waals surface area contributed by atoms with Gasteiger partial charge in [-0.05, 0) is 31.0 Å². The van der Waals surface area contributed by atoms with Crippen molar-refractivity contribution in [2.24, 2.45) is 5.92 Å². The highest BCUT2D eigenvalue weighted by molar-refractivity contribution is 7.90. The van der Waals surface area contributed by atoms with Gasteiger partial charge in [0.25, 0.3) is 0 Å². The van der Waals surface area contributed by atoms with Gasteiger partial charge in [-0.2, -0.15) is 5.26 Å². The largest absolute Gasteiger partial charge is 0.327 e. The Morgan fingerprint density at radius 1 is 1.33 bits per heavy atom. The molecule has 0 bridgehead atoms. The molecular formula is C15H19N3O2S. The minimum Gasteiger partial charge on any atom is -0.327 e. The molecule has 0 spiro atoms. The SMILES string of the molecule is CC(C)Cn1c(C(C)S(C)(=O)=O)nc2cc(C#N)ccc21. The van der Waals surface area contributed by atoms with Crippen molar-refractivity contribution < 1.29 is 8.42 Å². The first-order valence-corrected chi connectivity index (χ1v) is 8.78. The molecular weight excluding hydrogens is 286 g/mol. The number of fused-ring (bicyclic) bond motifs is 1. The van der Waals surface area contributed by atoms with Gasteiger partial charge in [-0.25, -0.2) is 13.4 Å². The summed E-state index contributed by atoms with van der Waals surface area (Å²) in [6.45, 7) is 6.49. The summed E-state index contributed by atoms with van der Waals surface area (Å²) in [6, 6.07) is 7.35. The molecule has 0 amide bonds. The Morgan fingerprint density at radius 2 is 2.00 bits per heavy atom. The fourth-order valence-electron chi connectivity index (χ4n) is 2.28. The number of aromatic nitrogens is 2. The van der Waals surface area contributed by atoms with Crippen LogP contribution in [0, 0.1) is 17.2 Å². The molecule has 0 aliphatic rings. The van der Waals surface area contributed by atoms with Gasteiger partial charge in [-0.1, -0.05) is 13.8 Å². The fourth-order valence-corrected chi connectivity index (χ4v) is 2.84. The highest BCUT2D eigenvalue weighted by Gasteiger charge is 2.24. The van der Waals surface area contributed by atoms with Crippen LogP contribution >= 0.6 is 0 Å². The molecule has 0 saturated heterocycles. The third-order valence-electron chi connectivity index (χ3n) is 3.46. The summed E-state index contributed by atoms with van der Waals surface area (Å²) in [6.07, 6.45) is 1.22. The molecule has 0 aliphatic carbocycles. The minimum atomic E-state index is -3.23. The number of hydrogen-bond acceptors (Lipinski definition) is 4. The van der Waals surface area contributed by atoms with E-state index in [-0.39, 0.29) is 0 Å². The summed E-state index contributed by atoms with van der Waals surface area (Å²) in [4.78, 5) is 4.47. The van der Waals surface area contributed by atoms with Gasteiger partial charge in [0.15, 0.2) is 9.84 Å². The molecule has 1 aromatic carbocycles. The predicted octanol–water partition coefficient (Wildman–Crippen LogP) is 2.67. The van der Waals surface area contributed by atoms with Crippen molar-refractivity contribution in [1.29, 1.82) is 5.26 Å². The first-order chi connectivity index (χ1) is 9.74. The third-order valence-corrected chi connectivity index (χ3v) is 4.96. The van der Waals surface area contributed by atoms with E-state index in [1.54, 1.807) is 19.1 Å². The topological polar surface area (TPSA) is 75.8 Å². The van der Waals surface area contributed by atoms with Crippen LogP contribution in [0.5, 0.6) is 0 Å². The first kappa shape index (κ1) is 15.5. The van der Waals surface area contributed by atoms with Crippen molar-refractivity contribution in [2.45, 2.75) is 32.6 Å². The van der Waals surface area contributed by atoms with Crippen molar-refractivity contribution in [2.75, 3.05) is 6.26 Å². The lowest BCUT2D eigenvalue weighted by atomic mass is 10.2. The third kappa shape index (κ3) is 3.08. The van der Waals surface area contributed by atoms with Gasteiger partial charge >= 0.3 is 0 Å². The molecule has 0 fully saturated rings. The Morgan fingerprint density at radius 3 is 2.52 bits per heavy atom. The highest BCUT2D eigenvalue weighted by atomic mass is 32.2. The lowest BCUT2D eigenvalue weighted by Crippen LogP contribution is -2.16. The summed E-state index contributed by atoms with van der Waals surface area (Å²) >= 11 is 0. The maximum absolute atomic E-state index is 11.9. The molecule has 0 radical (unpaired) electrons. The predicted molar refractivity (Wildman–Crippen MR) is 82.5 cm³/mol. The lowest BCUT2D eigenvalue weighted by Gasteiger charge is -2.15. The summed E-state index contributed by atoms with van der Waals surface area (Å²) < 4.78 is 25.7. The second-order valence-corrected chi connectivity index (χ2v) is 8.13. The van der Waals surface area contributed by atoms with Gasteiger partial charge in [-0.15, -0.1) is 0 Å². The Hall–Kier alpha value is -1.87. The van der Waals surface area contributed by atoms with Crippen LogP contribution in [0.3, 0.4) is 0 Å². The number of nitriles is 1. The van der Waals surface area contributed by atoms with Gasteiger partial charge < -0.3 is 4.57 Å². The lowest BCUT2D eigenvalue weighted by molar-refractivity contribution is 0.512. The number of hydrogen-bond donors (Lipinski definition) is 0. The van der Waals surface area contributed by atoms with E-state index in [1.165, 1.54) is 6.26 Å². The summed E-state index contributed by atoms with van der Waals surface area (Å²) in [5, 5.41) is 8.30. The smallest absolute Gasteiger partial charge is 0.157 e. The molecule has 2 rings (SSSR count). The highest BCUT2D eigenvalue weighted by Crippen LogP contribution is 2.27. The molecule has 0 saturated carbocycles. The number of nitrogens with zero attached hydrogens (tertiary/aromatic N) is 3. The summed E-state index contributed by atoms with van der Waals surface area (Å²) in [7, 11) is -3.23. The molecule has 1 aromatic heterocycles. The Bertz CT molecular complexity index is 813. The van der Waals surface area contributed by atoms with Crippen molar-refractivity contribution in [3.8, 4) is 6.07 Å². The average molecular weight is 305 g/mol. The van der Waals surface area contributed by atoms with Crippen LogP contribution in [-0.4, -0.2) is 24.2 Å². The molecule has 0 aliphatic heterocycles. The van der Waals surface area contributed by atoms with Crippen LogP contribution in [0.1, 0.15) is 37.4 Å². The quantitative estimate of drug-likeness (QED) is 0.870. The normalized spacial score (nSPS) is 13.5. The van der Waals surface area contributed by atoms with E-state index < -0.39 is 15.1 Å². The van der Waals surface area contributed by atoms with E-state index in [4.69, 9.17) is 5.26 Å². The molecule has 6 heteroatoms. The van der Waals surface area contributed by atoms with Gasteiger partial charge in [-0.3, -0.25) is 0 Å². The van der Waals surface area contributed by atoms with Crippen LogP contribution in [-0.2, 0) is 16.4 Å². The van der Waals surface area contributed by atoms with E-state index in [1.807, 2.05) is 10.6 Å². The van der Waals surface area contributed by atoms with Crippen molar-refractivity contribution in [1.82, 2.24) is 9.55 Å². The van der Waals surface area contributed by atoms with Crippen LogP contribution in [0.25, 0.3) is 11.0 Å². The van der Waals surface area contributed by atoms with Gasteiger partial charge in [0.05, 0.1) is 22.7 Å². The molecule has 1 atom stereocenters. The van der Waals surface area contributed by atoms with E-state index >= 15 is 0 Å². The molecule has 2 aromatic rings. The van der Waals surface area contributed by atoms with Crippen molar-refractivity contribution >= 4 is 20.9 Å². The van der Waals surface area contributed by atoms with E-state index in [0.717, 1.165) is 5.52 Å². The van der Waals surface area contributed by atoms with Crippen LogP contribution < -0.4 is 0 Å². The van der Waals surface area contributed by atoms with Crippen LogP contribution in [0.2, 0.25) is 0 Å². The molecule has 5 nitrogen and oxygen atoms in total. The van der Waals surface area contributed by atoms with Gasteiger partial charge in [0.1, 0.15) is 11.1 Å². The zero-order valence-electron chi connectivity index (χ0n) is 12.7. The Balaban J connectivity index is 2.71. The maximum Gasteiger partial charge on any atom is 0.157 e. The minimum absolute atomic E-state index is 0.364. The molecule has 0 N–H and O–H groups in total. The van der Waals surface area contributed by atoms with Gasteiger partial charge in [0.2, 0.25) is 0 Å². The van der Waals surface area contributed by atoms with E-state index in [0.29, 0.717) is 29.4 Å². The monoisotopic (exact) mass is 305 g/mol. The van der Waals surface area contributed by atoms with Crippen LogP contribution in [0.4, 0.5) is 0 Å². The number of sulfone groups is 1. The fraction of sp³-hybridized carbons (Fsp3) is 0.467. The summed E-state index contributed by atoms with van der Waals surface area (Å²) in [5.74, 6) is 0.903. The average Bonchev–Trinajstić information content (AvgIpc) is 2.73. The van der Waals surface area contributed by atoms with Gasteiger partial charge in [0, 0.05) is 12.8 Å².